The normalized spacial score (nSPS) is 25.1. The lowest BCUT2D eigenvalue weighted by molar-refractivity contribution is -0.129. The van der Waals surface area contributed by atoms with Gasteiger partial charge in [-0.25, -0.2) is 0 Å². The third-order valence-corrected chi connectivity index (χ3v) is 3.30. The fraction of sp³-hybridized carbons (Fsp3) is 0.818. The molecule has 1 saturated heterocycles. The van der Waals surface area contributed by atoms with Crippen LogP contribution in [0.4, 0.5) is 0 Å². The quantitative estimate of drug-likeness (QED) is 0.676. The molecule has 2 fully saturated rings. The van der Waals surface area contributed by atoms with Gasteiger partial charge in [-0.1, -0.05) is 0 Å². The van der Waals surface area contributed by atoms with Crippen molar-refractivity contribution in [2.24, 2.45) is 0 Å². The van der Waals surface area contributed by atoms with Gasteiger partial charge in [0.2, 0.25) is 11.8 Å². The van der Waals surface area contributed by atoms with Crippen molar-refractivity contribution in [3.8, 4) is 0 Å². The molecule has 5 nitrogen and oxygen atoms in total. The molecule has 90 valence electrons. The lowest BCUT2D eigenvalue weighted by atomic mass is 10.1. The van der Waals surface area contributed by atoms with E-state index in [-0.39, 0.29) is 17.9 Å². The van der Waals surface area contributed by atoms with Crippen LogP contribution in [0.1, 0.15) is 25.7 Å². The van der Waals surface area contributed by atoms with Crippen molar-refractivity contribution in [2.75, 3.05) is 20.1 Å². The first-order valence-electron chi connectivity index (χ1n) is 5.92. The van der Waals surface area contributed by atoms with Gasteiger partial charge in [0, 0.05) is 32.1 Å². The molecule has 1 unspecified atom stereocenters. The maximum Gasteiger partial charge on any atom is 0.236 e. The van der Waals surface area contributed by atoms with E-state index in [4.69, 9.17) is 0 Å². The topological polar surface area (TPSA) is 61.4 Å². The molecular weight excluding hydrogens is 206 g/mol. The number of hydrogen-bond donors (Lipinski definition) is 2. The predicted molar refractivity (Wildman–Crippen MR) is 59.8 cm³/mol. The van der Waals surface area contributed by atoms with Gasteiger partial charge in [-0.3, -0.25) is 9.59 Å². The number of carbonyl (C=O) groups excluding carboxylic acids is 2. The molecule has 2 rings (SSSR count). The summed E-state index contributed by atoms with van der Waals surface area (Å²) in [6.45, 7) is 1.02. The molecule has 2 amide bonds. The second kappa shape index (κ2) is 4.82. The van der Waals surface area contributed by atoms with Crippen LogP contribution >= 0.6 is 0 Å². The van der Waals surface area contributed by atoms with Crippen molar-refractivity contribution in [3.05, 3.63) is 0 Å². The van der Waals surface area contributed by atoms with Crippen LogP contribution < -0.4 is 10.6 Å². The van der Waals surface area contributed by atoms with Crippen LogP contribution in [0.2, 0.25) is 0 Å². The first-order valence-corrected chi connectivity index (χ1v) is 5.92. The molecule has 0 radical (unpaired) electrons. The summed E-state index contributed by atoms with van der Waals surface area (Å²) in [5, 5.41) is 5.99. The molecule has 16 heavy (non-hydrogen) atoms. The fourth-order valence-electron chi connectivity index (χ4n) is 1.93. The van der Waals surface area contributed by atoms with Crippen LogP contribution in [-0.4, -0.2) is 48.9 Å². The van der Waals surface area contributed by atoms with E-state index in [0.29, 0.717) is 25.6 Å². The minimum Gasteiger partial charge on any atom is -0.355 e. The van der Waals surface area contributed by atoms with E-state index in [1.165, 1.54) is 0 Å². The Labute approximate surface area is 95.6 Å². The standard InChI is InChI=1S/C11H19N3O2/c1-14(9-3-4-9)11(16)7-12-8-2-5-10(15)13-6-8/h8-9,12H,2-7H2,1H3,(H,13,15). The van der Waals surface area contributed by atoms with Gasteiger partial charge in [-0.05, 0) is 19.3 Å². The summed E-state index contributed by atoms with van der Waals surface area (Å²) in [6.07, 6.45) is 3.67. The summed E-state index contributed by atoms with van der Waals surface area (Å²) in [5.74, 6) is 0.263. The van der Waals surface area contributed by atoms with Gasteiger partial charge in [-0.2, -0.15) is 0 Å². The molecule has 1 aliphatic heterocycles. The molecule has 1 atom stereocenters. The summed E-state index contributed by atoms with van der Waals surface area (Å²) in [7, 11) is 1.87. The highest BCUT2D eigenvalue weighted by Crippen LogP contribution is 2.25. The Kier molecular flexibility index (Phi) is 3.43. The van der Waals surface area contributed by atoms with E-state index in [1.807, 2.05) is 11.9 Å². The van der Waals surface area contributed by atoms with E-state index in [1.54, 1.807) is 0 Å². The first kappa shape index (κ1) is 11.4. The fourth-order valence-corrected chi connectivity index (χ4v) is 1.93. The highest BCUT2D eigenvalue weighted by molar-refractivity contribution is 5.79. The Morgan fingerprint density at radius 3 is 2.81 bits per heavy atom. The second-order valence-corrected chi connectivity index (χ2v) is 4.66. The molecule has 0 aromatic rings. The van der Waals surface area contributed by atoms with Crippen molar-refractivity contribution in [1.82, 2.24) is 15.5 Å². The monoisotopic (exact) mass is 225 g/mol. The first-order chi connectivity index (χ1) is 7.66. The molecule has 0 aromatic carbocycles. The van der Waals surface area contributed by atoms with Gasteiger partial charge in [0.25, 0.3) is 0 Å². The van der Waals surface area contributed by atoms with Gasteiger partial charge in [0.1, 0.15) is 0 Å². The van der Waals surface area contributed by atoms with Gasteiger partial charge < -0.3 is 15.5 Å². The Morgan fingerprint density at radius 1 is 1.50 bits per heavy atom. The molecular formula is C11H19N3O2. The van der Waals surface area contributed by atoms with E-state index in [0.717, 1.165) is 19.3 Å². The highest BCUT2D eigenvalue weighted by atomic mass is 16.2. The Hall–Kier alpha value is -1.10. The van der Waals surface area contributed by atoms with E-state index in [2.05, 4.69) is 10.6 Å². The molecule has 0 bridgehead atoms. The summed E-state index contributed by atoms with van der Waals surface area (Å²) in [4.78, 5) is 24.5. The maximum absolute atomic E-state index is 11.7. The number of nitrogens with one attached hydrogen (secondary N) is 2. The Balaban J connectivity index is 1.66. The average molecular weight is 225 g/mol. The molecule has 2 aliphatic rings. The molecule has 0 aromatic heterocycles. The van der Waals surface area contributed by atoms with Crippen molar-refractivity contribution in [3.63, 3.8) is 0 Å². The van der Waals surface area contributed by atoms with Gasteiger partial charge in [0.05, 0.1) is 6.54 Å². The van der Waals surface area contributed by atoms with Crippen LogP contribution in [-0.2, 0) is 9.59 Å². The zero-order chi connectivity index (χ0) is 11.5. The van der Waals surface area contributed by atoms with E-state index < -0.39 is 0 Å². The SMILES string of the molecule is CN(C(=O)CNC1CCC(=O)NC1)C1CC1. The zero-order valence-electron chi connectivity index (χ0n) is 9.66. The van der Waals surface area contributed by atoms with Crippen molar-refractivity contribution in [1.29, 1.82) is 0 Å². The Bertz CT molecular complexity index is 279. The third kappa shape index (κ3) is 2.95. The molecule has 1 aliphatic carbocycles. The van der Waals surface area contributed by atoms with Crippen molar-refractivity contribution in [2.45, 2.75) is 37.8 Å². The summed E-state index contributed by atoms with van der Waals surface area (Å²) in [5.41, 5.74) is 0. The summed E-state index contributed by atoms with van der Waals surface area (Å²) < 4.78 is 0. The third-order valence-electron chi connectivity index (χ3n) is 3.30. The summed E-state index contributed by atoms with van der Waals surface area (Å²) in [6, 6.07) is 0.717. The van der Waals surface area contributed by atoms with Gasteiger partial charge in [-0.15, -0.1) is 0 Å². The predicted octanol–water partition coefficient (Wildman–Crippen LogP) is -0.525. The maximum atomic E-state index is 11.7. The molecule has 1 heterocycles. The van der Waals surface area contributed by atoms with Crippen molar-refractivity contribution >= 4 is 11.8 Å². The lowest BCUT2D eigenvalue weighted by Gasteiger charge is -2.24. The number of carbonyl (C=O) groups is 2. The number of amides is 2. The summed E-state index contributed by atoms with van der Waals surface area (Å²) >= 11 is 0. The lowest BCUT2D eigenvalue weighted by Crippen LogP contribution is -2.48. The molecule has 1 saturated carbocycles. The highest BCUT2D eigenvalue weighted by Gasteiger charge is 2.29. The minimum atomic E-state index is 0.111. The number of hydrogen-bond acceptors (Lipinski definition) is 3. The van der Waals surface area contributed by atoms with Crippen LogP contribution in [0.3, 0.4) is 0 Å². The molecule has 0 spiro atoms. The van der Waals surface area contributed by atoms with E-state index in [9.17, 15) is 9.59 Å². The number of nitrogens with zero attached hydrogens (tertiary/aromatic N) is 1. The largest absolute Gasteiger partial charge is 0.355 e. The van der Waals surface area contributed by atoms with Crippen LogP contribution in [0.15, 0.2) is 0 Å². The second-order valence-electron chi connectivity index (χ2n) is 4.66. The zero-order valence-corrected chi connectivity index (χ0v) is 9.66. The van der Waals surface area contributed by atoms with Crippen LogP contribution in [0, 0.1) is 0 Å². The minimum absolute atomic E-state index is 0.111. The molecule has 2 N–H and O–H groups in total. The van der Waals surface area contributed by atoms with Gasteiger partial charge >= 0.3 is 0 Å². The van der Waals surface area contributed by atoms with Gasteiger partial charge in [0.15, 0.2) is 0 Å². The number of likely N-dealkylation sites (N-methyl/N-ethyl adjacent to an activating group) is 1. The smallest absolute Gasteiger partial charge is 0.236 e. The molecule has 5 heteroatoms. The van der Waals surface area contributed by atoms with Crippen LogP contribution in [0.25, 0.3) is 0 Å². The van der Waals surface area contributed by atoms with Crippen LogP contribution in [0.5, 0.6) is 0 Å². The number of piperidine rings is 1. The average Bonchev–Trinajstić information content (AvgIpc) is 3.11. The number of rotatable bonds is 4. The Morgan fingerprint density at radius 2 is 2.25 bits per heavy atom. The van der Waals surface area contributed by atoms with Crippen molar-refractivity contribution < 1.29 is 9.59 Å². The van der Waals surface area contributed by atoms with E-state index >= 15 is 0 Å².